The van der Waals surface area contributed by atoms with Crippen LogP contribution in [-0.2, 0) is 6.61 Å². The molecule has 6 nitrogen and oxygen atoms in total. The molecule has 0 saturated heterocycles. The molecule has 174 valence electrons. The number of pyridine rings is 1. The third kappa shape index (κ3) is 5.22. The first kappa shape index (κ1) is 22.8. The number of H-pyrrole nitrogens is 1. The lowest BCUT2D eigenvalue weighted by molar-refractivity contribution is 0.288. The quantitative estimate of drug-likeness (QED) is 0.288. The van der Waals surface area contributed by atoms with Gasteiger partial charge in [0.2, 0.25) is 0 Å². The highest BCUT2D eigenvalue weighted by Crippen LogP contribution is 2.36. The standard InChI is InChI=1S/C26H24ClN3O3S/c1-16-5-7-19(8-6-16)33-20-11-17-12-22(26-28-14-21(34-26)9-10-31)30-25(17)23(13-20)32-15-18-3-2-4-24(27)29-18/h2-8,11-13,21,30-31H,9-10,14-15H2,1H3. The predicted molar refractivity (Wildman–Crippen MR) is 138 cm³/mol. The van der Waals surface area contributed by atoms with Gasteiger partial charge in [0.25, 0.3) is 0 Å². The van der Waals surface area contributed by atoms with Crippen molar-refractivity contribution in [1.82, 2.24) is 9.97 Å². The summed E-state index contributed by atoms with van der Waals surface area (Å²) in [6, 6.07) is 19.3. The number of aromatic nitrogens is 2. The molecular weight excluding hydrogens is 470 g/mol. The lowest BCUT2D eigenvalue weighted by Crippen LogP contribution is -2.05. The molecule has 0 radical (unpaired) electrons. The molecule has 5 rings (SSSR count). The molecule has 8 heteroatoms. The van der Waals surface area contributed by atoms with E-state index in [1.807, 2.05) is 55.5 Å². The van der Waals surface area contributed by atoms with Crippen LogP contribution in [0.25, 0.3) is 10.9 Å². The Morgan fingerprint density at radius 1 is 1.12 bits per heavy atom. The first-order chi connectivity index (χ1) is 16.6. The van der Waals surface area contributed by atoms with Crippen LogP contribution < -0.4 is 9.47 Å². The number of nitrogens with zero attached hydrogens (tertiary/aromatic N) is 2. The molecule has 4 aromatic rings. The van der Waals surface area contributed by atoms with E-state index >= 15 is 0 Å². The van der Waals surface area contributed by atoms with Crippen molar-refractivity contribution in [2.45, 2.75) is 25.2 Å². The number of benzene rings is 2. The van der Waals surface area contributed by atoms with Crippen LogP contribution in [0, 0.1) is 6.92 Å². The number of aliphatic imine (C=N–C) groups is 1. The van der Waals surface area contributed by atoms with E-state index in [1.54, 1.807) is 17.8 Å². The molecule has 0 bridgehead atoms. The summed E-state index contributed by atoms with van der Waals surface area (Å²) >= 11 is 7.73. The summed E-state index contributed by atoms with van der Waals surface area (Å²) in [4.78, 5) is 12.5. The molecule has 2 N–H and O–H groups in total. The molecule has 2 aromatic carbocycles. The van der Waals surface area contributed by atoms with Crippen molar-refractivity contribution in [1.29, 1.82) is 0 Å². The number of aliphatic hydroxyl groups is 1. The SMILES string of the molecule is Cc1ccc(Oc2cc(OCc3cccc(Cl)n3)c3[nH]c(C4=NCC(CCO)S4)cc3c2)cc1. The molecule has 34 heavy (non-hydrogen) atoms. The van der Waals surface area contributed by atoms with Crippen molar-refractivity contribution < 1.29 is 14.6 Å². The summed E-state index contributed by atoms with van der Waals surface area (Å²) in [7, 11) is 0. The van der Waals surface area contributed by atoms with Crippen LogP contribution in [0.1, 0.15) is 23.4 Å². The Hall–Kier alpha value is -3.00. The summed E-state index contributed by atoms with van der Waals surface area (Å²) in [6.07, 6.45) is 0.730. The minimum absolute atomic E-state index is 0.169. The normalized spacial score (nSPS) is 15.5. The van der Waals surface area contributed by atoms with Crippen molar-refractivity contribution in [3.05, 3.63) is 82.8 Å². The zero-order valence-corrected chi connectivity index (χ0v) is 20.2. The van der Waals surface area contributed by atoms with Gasteiger partial charge in [-0.3, -0.25) is 4.99 Å². The monoisotopic (exact) mass is 493 g/mol. The molecule has 1 aliphatic rings. The number of aromatic amines is 1. The number of hydrogen-bond donors (Lipinski definition) is 2. The predicted octanol–water partition coefficient (Wildman–Crippen LogP) is 6.14. The Labute approximate surface area is 207 Å². The number of thioether (sulfide) groups is 1. The van der Waals surface area contributed by atoms with E-state index in [0.717, 1.165) is 39.5 Å². The second kappa shape index (κ2) is 10.1. The average molecular weight is 494 g/mol. The van der Waals surface area contributed by atoms with Crippen LogP contribution in [0.4, 0.5) is 0 Å². The highest BCUT2D eigenvalue weighted by atomic mass is 35.5. The zero-order chi connectivity index (χ0) is 23.5. The summed E-state index contributed by atoms with van der Waals surface area (Å²) in [5.74, 6) is 2.09. The summed E-state index contributed by atoms with van der Waals surface area (Å²) in [6.45, 7) is 3.19. The van der Waals surface area contributed by atoms with Gasteiger partial charge in [-0.25, -0.2) is 4.98 Å². The minimum Gasteiger partial charge on any atom is -0.485 e. The number of ether oxygens (including phenoxy) is 2. The lowest BCUT2D eigenvalue weighted by Gasteiger charge is -2.11. The topological polar surface area (TPSA) is 79.7 Å². The number of rotatable bonds is 8. The Morgan fingerprint density at radius 2 is 1.97 bits per heavy atom. The maximum atomic E-state index is 9.26. The fraction of sp³-hybridized carbons (Fsp3) is 0.231. The molecule has 0 spiro atoms. The van der Waals surface area contributed by atoms with E-state index in [4.69, 9.17) is 21.1 Å². The van der Waals surface area contributed by atoms with E-state index in [1.165, 1.54) is 5.56 Å². The van der Waals surface area contributed by atoms with Crippen molar-refractivity contribution in [3.8, 4) is 17.2 Å². The van der Waals surface area contributed by atoms with Gasteiger partial charge in [0.15, 0.2) is 0 Å². The van der Waals surface area contributed by atoms with E-state index < -0.39 is 0 Å². The van der Waals surface area contributed by atoms with Crippen LogP contribution >= 0.6 is 23.4 Å². The molecule has 2 aromatic heterocycles. The van der Waals surface area contributed by atoms with Gasteiger partial charge in [0.05, 0.1) is 23.4 Å². The summed E-state index contributed by atoms with van der Waals surface area (Å²) < 4.78 is 12.3. The molecule has 0 saturated carbocycles. The number of nitrogens with one attached hydrogen (secondary N) is 1. The second-order valence-corrected chi connectivity index (χ2v) is 9.80. The maximum absolute atomic E-state index is 9.26. The number of aryl methyl sites for hydroxylation is 1. The molecular formula is C26H24ClN3O3S. The highest BCUT2D eigenvalue weighted by Gasteiger charge is 2.22. The first-order valence-electron chi connectivity index (χ1n) is 11.1. The van der Waals surface area contributed by atoms with Gasteiger partial charge in [-0.2, -0.15) is 0 Å². The van der Waals surface area contributed by atoms with Gasteiger partial charge in [-0.1, -0.05) is 47.1 Å². The molecule has 1 unspecified atom stereocenters. The van der Waals surface area contributed by atoms with Gasteiger partial charge < -0.3 is 19.6 Å². The number of hydrogen-bond acceptors (Lipinski definition) is 6. The van der Waals surface area contributed by atoms with Gasteiger partial charge in [0, 0.05) is 23.3 Å². The third-order valence-corrected chi connectivity index (χ3v) is 6.97. The average Bonchev–Trinajstić information content (AvgIpc) is 3.46. The van der Waals surface area contributed by atoms with Crippen molar-refractivity contribution in [2.24, 2.45) is 4.99 Å². The van der Waals surface area contributed by atoms with Crippen LogP contribution in [0.2, 0.25) is 5.15 Å². The molecule has 0 amide bonds. The summed E-state index contributed by atoms with van der Waals surface area (Å²) in [5.41, 5.74) is 3.70. The molecule has 0 aliphatic carbocycles. The van der Waals surface area contributed by atoms with E-state index in [2.05, 4.69) is 21.0 Å². The third-order valence-electron chi connectivity index (χ3n) is 5.47. The summed E-state index contributed by atoms with van der Waals surface area (Å²) in [5, 5.41) is 11.9. The van der Waals surface area contributed by atoms with Gasteiger partial charge in [0.1, 0.15) is 34.1 Å². The van der Waals surface area contributed by atoms with Gasteiger partial charge >= 0.3 is 0 Å². The van der Waals surface area contributed by atoms with Crippen molar-refractivity contribution in [3.63, 3.8) is 0 Å². The van der Waals surface area contributed by atoms with Crippen molar-refractivity contribution in [2.75, 3.05) is 13.2 Å². The molecule has 1 aliphatic heterocycles. The molecule has 3 heterocycles. The Morgan fingerprint density at radius 3 is 2.76 bits per heavy atom. The fourth-order valence-electron chi connectivity index (χ4n) is 3.76. The van der Waals surface area contributed by atoms with E-state index in [-0.39, 0.29) is 13.2 Å². The Balaban J connectivity index is 1.47. The Bertz CT molecular complexity index is 1340. The molecule has 0 fully saturated rings. The first-order valence-corrected chi connectivity index (χ1v) is 12.3. The van der Waals surface area contributed by atoms with Crippen LogP contribution in [0.15, 0.2) is 65.7 Å². The minimum atomic E-state index is 0.169. The highest BCUT2D eigenvalue weighted by molar-refractivity contribution is 8.15. The van der Waals surface area contributed by atoms with Crippen molar-refractivity contribution >= 4 is 39.3 Å². The van der Waals surface area contributed by atoms with E-state index in [9.17, 15) is 5.11 Å². The number of aliphatic hydroxyl groups excluding tert-OH is 1. The number of fused-ring (bicyclic) bond motifs is 1. The van der Waals surface area contributed by atoms with Crippen LogP contribution in [0.5, 0.6) is 17.2 Å². The largest absolute Gasteiger partial charge is 0.485 e. The smallest absolute Gasteiger partial charge is 0.147 e. The lowest BCUT2D eigenvalue weighted by atomic mass is 10.2. The zero-order valence-electron chi connectivity index (χ0n) is 18.6. The second-order valence-electron chi connectivity index (χ2n) is 8.12. The van der Waals surface area contributed by atoms with Crippen LogP contribution in [-0.4, -0.2) is 38.5 Å². The fourth-order valence-corrected chi connectivity index (χ4v) is 5.01. The van der Waals surface area contributed by atoms with Gasteiger partial charge in [-0.15, -0.1) is 0 Å². The maximum Gasteiger partial charge on any atom is 0.147 e. The van der Waals surface area contributed by atoms with Crippen LogP contribution in [0.3, 0.4) is 0 Å². The molecule has 1 atom stereocenters. The van der Waals surface area contributed by atoms with Gasteiger partial charge in [-0.05, 0) is 49.7 Å². The Kier molecular flexibility index (Phi) is 6.76. The van der Waals surface area contributed by atoms with E-state index in [0.29, 0.717) is 28.4 Å². The number of halogens is 1.